The Bertz CT molecular complexity index is 534. The summed E-state index contributed by atoms with van der Waals surface area (Å²) in [4.78, 5) is 0. The smallest absolute Gasteiger partial charge is 0.250 e. The fraction of sp³-hybridized carbons (Fsp3) is 0.700. The van der Waals surface area contributed by atoms with Crippen LogP contribution in [-0.2, 0) is 4.43 Å². The first-order valence-electron chi connectivity index (χ1n) is 9.04. The first-order valence-corrected chi connectivity index (χ1v) is 14.9. The second-order valence-electron chi connectivity index (χ2n) is 9.95. The highest BCUT2D eigenvalue weighted by Crippen LogP contribution is 2.40. The van der Waals surface area contributed by atoms with Crippen LogP contribution in [0.15, 0.2) is 24.3 Å². The molecule has 0 amide bonds. The summed E-state index contributed by atoms with van der Waals surface area (Å²) in [5.41, 5.74) is 1.22. The Morgan fingerprint density at radius 1 is 0.750 bits per heavy atom. The Labute approximate surface area is 152 Å². The maximum Gasteiger partial charge on any atom is 0.250 e. The monoisotopic (exact) mass is 366 g/mol. The molecule has 24 heavy (non-hydrogen) atoms. The molecule has 0 fully saturated rings. The summed E-state index contributed by atoms with van der Waals surface area (Å²) in [6, 6.07) is 8.50. The molecule has 1 atom stereocenters. The molecule has 1 rings (SSSR count). The lowest BCUT2D eigenvalue weighted by Crippen LogP contribution is -2.43. The topological polar surface area (TPSA) is 18.5 Å². The van der Waals surface area contributed by atoms with Crippen molar-refractivity contribution in [1.29, 1.82) is 0 Å². The van der Waals surface area contributed by atoms with E-state index in [1.807, 2.05) is 0 Å². The predicted octanol–water partition coefficient (Wildman–Crippen LogP) is 7.15. The Morgan fingerprint density at radius 3 is 1.54 bits per heavy atom. The lowest BCUT2D eigenvalue weighted by atomic mass is 10.1. The van der Waals surface area contributed by atoms with Crippen LogP contribution >= 0.6 is 0 Å². The zero-order valence-electron chi connectivity index (χ0n) is 17.7. The highest BCUT2D eigenvalue weighted by molar-refractivity contribution is 6.75. The minimum absolute atomic E-state index is 0.118. The Morgan fingerprint density at radius 2 is 1.17 bits per heavy atom. The van der Waals surface area contributed by atoms with Crippen LogP contribution in [0.25, 0.3) is 0 Å². The van der Waals surface area contributed by atoms with Gasteiger partial charge in [0.15, 0.2) is 8.32 Å². The Kier molecular flexibility index (Phi) is 6.23. The molecule has 0 saturated heterocycles. The van der Waals surface area contributed by atoms with Gasteiger partial charge >= 0.3 is 0 Å². The van der Waals surface area contributed by atoms with Crippen LogP contribution in [0.2, 0.25) is 36.3 Å². The molecule has 0 heterocycles. The van der Waals surface area contributed by atoms with Crippen molar-refractivity contribution < 1.29 is 8.85 Å². The van der Waals surface area contributed by atoms with Crippen LogP contribution in [0.3, 0.4) is 0 Å². The van der Waals surface area contributed by atoms with Gasteiger partial charge in [0.1, 0.15) is 5.75 Å². The van der Waals surface area contributed by atoms with E-state index in [1.54, 1.807) is 0 Å². The third-order valence-electron chi connectivity index (χ3n) is 5.81. The van der Waals surface area contributed by atoms with E-state index in [4.69, 9.17) is 8.85 Å². The van der Waals surface area contributed by atoms with Gasteiger partial charge in [-0.25, -0.2) is 0 Å². The summed E-state index contributed by atoms with van der Waals surface area (Å²) in [5.74, 6) is 0.977. The highest BCUT2D eigenvalue weighted by Gasteiger charge is 2.39. The second kappa shape index (κ2) is 6.97. The zero-order chi connectivity index (χ0) is 19.0. The summed E-state index contributed by atoms with van der Waals surface area (Å²) in [6.45, 7) is 25.0. The van der Waals surface area contributed by atoms with E-state index in [0.717, 1.165) is 5.75 Å². The maximum absolute atomic E-state index is 6.49. The van der Waals surface area contributed by atoms with Gasteiger partial charge in [0.25, 0.3) is 0 Å². The Balaban J connectivity index is 2.85. The fourth-order valence-electron chi connectivity index (χ4n) is 1.94. The number of rotatable bonds is 5. The van der Waals surface area contributed by atoms with Crippen LogP contribution in [0.4, 0.5) is 0 Å². The SMILES string of the molecule is CC(O[Si](C)(C)C(C)(C)C)c1ccc(O[Si](C)(C)C(C)(C)C)cc1. The van der Waals surface area contributed by atoms with Gasteiger partial charge in [-0.1, -0.05) is 53.7 Å². The molecule has 0 saturated carbocycles. The quantitative estimate of drug-likeness (QED) is 0.515. The molecule has 0 N–H and O–H groups in total. The summed E-state index contributed by atoms with van der Waals surface area (Å²) in [7, 11) is -3.53. The lowest BCUT2D eigenvalue weighted by molar-refractivity contribution is 0.203. The molecule has 0 aliphatic carbocycles. The first kappa shape index (κ1) is 21.5. The van der Waals surface area contributed by atoms with E-state index in [-0.39, 0.29) is 16.2 Å². The molecule has 0 aromatic heterocycles. The minimum Gasteiger partial charge on any atom is -0.544 e. The van der Waals surface area contributed by atoms with Crippen molar-refractivity contribution in [3.63, 3.8) is 0 Å². The van der Waals surface area contributed by atoms with Crippen molar-refractivity contribution in [3.05, 3.63) is 29.8 Å². The molecule has 1 aromatic carbocycles. The number of hydrogen-bond donors (Lipinski definition) is 0. The third kappa shape index (κ3) is 5.20. The summed E-state index contributed by atoms with van der Waals surface area (Å²) in [5, 5.41) is 0.442. The van der Waals surface area contributed by atoms with Gasteiger partial charge in [-0.2, -0.15) is 0 Å². The van der Waals surface area contributed by atoms with Crippen molar-refractivity contribution in [2.24, 2.45) is 0 Å². The maximum atomic E-state index is 6.49. The van der Waals surface area contributed by atoms with Gasteiger partial charge in [0, 0.05) is 0 Å². The van der Waals surface area contributed by atoms with Crippen molar-refractivity contribution in [2.45, 2.75) is 90.8 Å². The molecule has 0 aliphatic rings. The molecular formula is C20H38O2Si2. The van der Waals surface area contributed by atoms with Gasteiger partial charge in [-0.3, -0.25) is 0 Å². The fourth-order valence-corrected chi connectivity index (χ4v) is 4.35. The van der Waals surface area contributed by atoms with Crippen molar-refractivity contribution in [3.8, 4) is 5.75 Å². The zero-order valence-corrected chi connectivity index (χ0v) is 19.7. The largest absolute Gasteiger partial charge is 0.544 e. The Hall–Kier alpha value is -0.586. The molecule has 1 aromatic rings. The van der Waals surface area contributed by atoms with E-state index in [9.17, 15) is 0 Å². The van der Waals surface area contributed by atoms with E-state index in [1.165, 1.54) is 5.56 Å². The lowest BCUT2D eigenvalue weighted by Gasteiger charge is -2.38. The predicted molar refractivity (Wildman–Crippen MR) is 111 cm³/mol. The average molecular weight is 367 g/mol. The second-order valence-corrected chi connectivity index (χ2v) is 19.4. The molecule has 4 heteroatoms. The normalized spacial score (nSPS) is 15.3. The van der Waals surface area contributed by atoms with Gasteiger partial charge < -0.3 is 8.85 Å². The van der Waals surface area contributed by atoms with E-state index < -0.39 is 16.6 Å². The van der Waals surface area contributed by atoms with Gasteiger partial charge in [0.2, 0.25) is 8.32 Å². The molecule has 0 radical (unpaired) electrons. The third-order valence-corrected chi connectivity index (χ3v) is 14.7. The number of hydrogen-bond acceptors (Lipinski definition) is 2. The summed E-state index contributed by atoms with van der Waals surface area (Å²) >= 11 is 0. The summed E-state index contributed by atoms with van der Waals surface area (Å²) in [6.07, 6.45) is 0.118. The van der Waals surface area contributed by atoms with Crippen molar-refractivity contribution in [1.82, 2.24) is 0 Å². The van der Waals surface area contributed by atoms with Crippen LogP contribution in [-0.4, -0.2) is 16.6 Å². The summed E-state index contributed by atoms with van der Waals surface area (Å²) < 4.78 is 12.9. The minimum atomic E-state index is -1.78. The molecule has 0 spiro atoms. The molecule has 2 nitrogen and oxygen atoms in total. The molecule has 0 bridgehead atoms. The first-order chi connectivity index (χ1) is 10.6. The highest BCUT2D eigenvalue weighted by atomic mass is 28.4. The van der Waals surface area contributed by atoms with Crippen LogP contribution < -0.4 is 4.43 Å². The van der Waals surface area contributed by atoms with Crippen LogP contribution in [0.5, 0.6) is 5.75 Å². The van der Waals surface area contributed by atoms with Gasteiger partial charge in [-0.15, -0.1) is 0 Å². The van der Waals surface area contributed by atoms with E-state index in [2.05, 4.69) is 98.9 Å². The molecule has 138 valence electrons. The average Bonchev–Trinajstić information content (AvgIpc) is 2.35. The van der Waals surface area contributed by atoms with Crippen molar-refractivity contribution in [2.75, 3.05) is 0 Å². The molecule has 1 unspecified atom stereocenters. The van der Waals surface area contributed by atoms with E-state index in [0.29, 0.717) is 0 Å². The van der Waals surface area contributed by atoms with Gasteiger partial charge in [-0.05, 0) is 60.9 Å². The van der Waals surface area contributed by atoms with Crippen LogP contribution in [0, 0.1) is 0 Å². The van der Waals surface area contributed by atoms with Crippen LogP contribution in [0.1, 0.15) is 60.1 Å². The molecular weight excluding hydrogens is 328 g/mol. The molecule has 0 aliphatic heterocycles. The standard InChI is InChI=1S/C20H38O2Si2/c1-16(21-23(8,9)19(2,3)4)17-12-14-18(15-13-17)22-24(10,11)20(5,6)7/h12-16H,1-11H3. The number of benzene rings is 1. The van der Waals surface area contributed by atoms with Crippen molar-refractivity contribution >= 4 is 16.6 Å². The van der Waals surface area contributed by atoms with E-state index >= 15 is 0 Å². The van der Waals surface area contributed by atoms with Gasteiger partial charge in [0.05, 0.1) is 6.10 Å².